The number of nitrogens with one attached hydrogen (secondary N) is 2. The smallest absolute Gasteiger partial charge is 0.170 e. The van der Waals surface area contributed by atoms with Gasteiger partial charge in [-0.15, -0.1) is 0 Å². The molecule has 0 saturated carbocycles. The Balaban J connectivity index is 1.71. The molecule has 22 heavy (non-hydrogen) atoms. The lowest BCUT2D eigenvalue weighted by Crippen LogP contribution is -2.29. The Morgan fingerprint density at radius 1 is 1.18 bits per heavy atom. The number of halogens is 2. The molecule has 2 aromatic rings. The average Bonchev–Trinajstić information content (AvgIpc) is 2.49. The zero-order valence-corrected chi connectivity index (χ0v) is 13.9. The van der Waals surface area contributed by atoms with Gasteiger partial charge in [0.05, 0.1) is 0 Å². The van der Waals surface area contributed by atoms with Crippen LogP contribution in [0, 0.1) is 12.7 Å². The summed E-state index contributed by atoms with van der Waals surface area (Å²) in [5.41, 5.74) is 3.02. The number of rotatable bonds is 5. The molecule has 0 atom stereocenters. The van der Waals surface area contributed by atoms with Gasteiger partial charge in [-0.1, -0.05) is 29.8 Å². The monoisotopic (exact) mass is 336 g/mol. The molecule has 0 heterocycles. The van der Waals surface area contributed by atoms with Gasteiger partial charge < -0.3 is 10.6 Å². The largest absolute Gasteiger partial charge is 0.362 e. The highest BCUT2D eigenvalue weighted by molar-refractivity contribution is 7.80. The molecule has 2 aromatic carbocycles. The molecule has 0 aromatic heterocycles. The second-order valence-corrected chi connectivity index (χ2v) is 5.89. The van der Waals surface area contributed by atoms with Gasteiger partial charge >= 0.3 is 0 Å². The molecule has 0 fully saturated rings. The zero-order valence-electron chi connectivity index (χ0n) is 12.3. The van der Waals surface area contributed by atoms with Gasteiger partial charge in [0, 0.05) is 17.3 Å². The van der Waals surface area contributed by atoms with Crippen LogP contribution in [0.1, 0.15) is 17.5 Å². The van der Waals surface area contributed by atoms with Crippen LogP contribution in [0.2, 0.25) is 5.02 Å². The molecule has 0 radical (unpaired) electrons. The molecule has 0 amide bonds. The van der Waals surface area contributed by atoms with E-state index in [1.165, 1.54) is 12.1 Å². The van der Waals surface area contributed by atoms with E-state index < -0.39 is 0 Å². The summed E-state index contributed by atoms with van der Waals surface area (Å²) >= 11 is 11.3. The fraction of sp³-hybridized carbons (Fsp3) is 0.235. The highest BCUT2D eigenvalue weighted by atomic mass is 35.5. The van der Waals surface area contributed by atoms with E-state index in [1.54, 1.807) is 12.1 Å². The third kappa shape index (κ3) is 5.28. The van der Waals surface area contributed by atoms with Crippen molar-refractivity contribution in [1.82, 2.24) is 5.32 Å². The van der Waals surface area contributed by atoms with E-state index in [4.69, 9.17) is 23.8 Å². The van der Waals surface area contributed by atoms with Crippen LogP contribution in [0.5, 0.6) is 0 Å². The summed E-state index contributed by atoms with van der Waals surface area (Å²) in [4.78, 5) is 0. The summed E-state index contributed by atoms with van der Waals surface area (Å²) in [6, 6.07) is 12.3. The molecule has 5 heteroatoms. The normalized spacial score (nSPS) is 10.3. The topological polar surface area (TPSA) is 24.1 Å². The first kappa shape index (κ1) is 16.7. The van der Waals surface area contributed by atoms with Gasteiger partial charge in [-0.2, -0.15) is 0 Å². The highest BCUT2D eigenvalue weighted by Gasteiger charge is 2.01. The average molecular weight is 337 g/mol. The van der Waals surface area contributed by atoms with Crippen LogP contribution in [0.4, 0.5) is 10.1 Å². The molecule has 116 valence electrons. The van der Waals surface area contributed by atoms with Crippen molar-refractivity contribution in [2.75, 3.05) is 11.9 Å². The van der Waals surface area contributed by atoms with E-state index in [0.29, 0.717) is 10.1 Å². The van der Waals surface area contributed by atoms with Crippen LogP contribution in [0.15, 0.2) is 42.5 Å². The lowest BCUT2D eigenvalue weighted by molar-refractivity contribution is 0.626. The van der Waals surface area contributed by atoms with Crippen LogP contribution in [0.3, 0.4) is 0 Å². The second-order valence-electron chi connectivity index (χ2n) is 5.07. The number of anilines is 1. The fourth-order valence-corrected chi connectivity index (χ4v) is 2.39. The third-order valence-corrected chi connectivity index (χ3v) is 3.92. The summed E-state index contributed by atoms with van der Waals surface area (Å²) in [5, 5.41) is 7.53. The van der Waals surface area contributed by atoms with E-state index >= 15 is 0 Å². The molecule has 2 rings (SSSR count). The quantitative estimate of drug-likeness (QED) is 0.611. The second kappa shape index (κ2) is 8.11. The van der Waals surface area contributed by atoms with Crippen molar-refractivity contribution in [3.05, 3.63) is 64.4 Å². The van der Waals surface area contributed by atoms with Crippen molar-refractivity contribution in [2.24, 2.45) is 0 Å². The lowest BCUT2D eigenvalue weighted by Gasteiger charge is -2.11. The molecule has 0 unspecified atom stereocenters. The molecular weight excluding hydrogens is 319 g/mol. The Labute approximate surface area is 140 Å². The SMILES string of the molecule is Cc1ccc(NC(=S)NCCCc2ccc(F)cc2)cc1Cl. The Kier molecular flexibility index (Phi) is 6.16. The standard InChI is InChI=1S/C17H18ClFN2S/c1-12-4-9-15(11-16(12)18)21-17(22)20-10-2-3-13-5-7-14(19)8-6-13/h4-9,11H,2-3,10H2,1H3,(H2,20,21,22). The third-order valence-electron chi connectivity index (χ3n) is 3.27. The van der Waals surface area contributed by atoms with Gasteiger partial charge in [0.25, 0.3) is 0 Å². The number of thiocarbonyl (C=S) groups is 1. The van der Waals surface area contributed by atoms with E-state index in [2.05, 4.69) is 10.6 Å². The minimum absolute atomic E-state index is 0.205. The predicted molar refractivity (Wildman–Crippen MR) is 95.1 cm³/mol. The fourth-order valence-electron chi connectivity index (χ4n) is 1.99. The first-order chi connectivity index (χ1) is 10.5. The van der Waals surface area contributed by atoms with Crippen LogP contribution in [0.25, 0.3) is 0 Å². The molecule has 0 bridgehead atoms. The van der Waals surface area contributed by atoms with Crippen LogP contribution in [-0.4, -0.2) is 11.7 Å². The molecule has 0 spiro atoms. The van der Waals surface area contributed by atoms with Crippen molar-refractivity contribution >= 4 is 34.6 Å². The van der Waals surface area contributed by atoms with Crippen molar-refractivity contribution in [3.63, 3.8) is 0 Å². The van der Waals surface area contributed by atoms with E-state index in [1.807, 2.05) is 25.1 Å². The molecule has 0 aliphatic carbocycles. The van der Waals surface area contributed by atoms with Gasteiger partial charge in [-0.25, -0.2) is 4.39 Å². The van der Waals surface area contributed by atoms with Gasteiger partial charge in [-0.05, 0) is 67.4 Å². The number of hydrogen-bond donors (Lipinski definition) is 2. The van der Waals surface area contributed by atoms with E-state index in [-0.39, 0.29) is 5.82 Å². The summed E-state index contributed by atoms with van der Waals surface area (Å²) in [7, 11) is 0. The minimum Gasteiger partial charge on any atom is -0.362 e. The Bertz CT molecular complexity index is 644. The van der Waals surface area contributed by atoms with E-state index in [9.17, 15) is 4.39 Å². The van der Waals surface area contributed by atoms with Crippen molar-refractivity contribution in [1.29, 1.82) is 0 Å². The van der Waals surface area contributed by atoms with Crippen molar-refractivity contribution in [2.45, 2.75) is 19.8 Å². The van der Waals surface area contributed by atoms with Crippen molar-refractivity contribution in [3.8, 4) is 0 Å². The first-order valence-corrected chi connectivity index (χ1v) is 7.88. The van der Waals surface area contributed by atoms with Gasteiger partial charge in [0.2, 0.25) is 0 Å². The molecule has 0 saturated heterocycles. The summed E-state index contributed by atoms with van der Waals surface area (Å²) in [5.74, 6) is -0.205. The predicted octanol–water partition coefficient (Wildman–Crippen LogP) is 4.71. The highest BCUT2D eigenvalue weighted by Crippen LogP contribution is 2.19. The number of aryl methyl sites for hydroxylation is 2. The van der Waals surface area contributed by atoms with Gasteiger partial charge in [0.15, 0.2) is 5.11 Å². The van der Waals surface area contributed by atoms with Crippen LogP contribution >= 0.6 is 23.8 Å². The minimum atomic E-state index is -0.205. The van der Waals surface area contributed by atoms with Crippen LogP contribution in [-0.2, 0) is 6.42 Å². The van der Waals surface area contributed by atoms with Crippen LogP contribution < -0.4 is 10.6 Å². The zero-order chi connectivity index (χ0) is 15.9. The number of hydrogen-bond acceptors (Lipinski definition) is 1. The Morgan fingerprint density at radius 3 is 2.59 bits per heavy atom. The summed E-state index contributed by atoms with van der Waals surface area (Å²) in [6.45, 7) is 2.71. The lowest BCUT2D eigenvalue weighted by atomic mass is 10.1. The van der Waals surface area contributed by atoms with Gasteiger partial charge in [-0.3, -0.25) is 0 Å². The maximum Gasteiger partial charge on any atom is 0.170 e. The maximum atomic E-state index is 12.8. The van der Waals surface area contributed by atoms with Crippen molar-refractivity contribution < 1.29 is 4.39 Å². The van der Waals surface area contributed by atoms with E-state index in [0.717, 1.165) is 36.2 Å². The van der Waals surface area contributed by atoms with Gasteiger partial charge in [0.1, 0.15) is 5.82 Å². The Morgan fingerprint density at radius 2 is 1.91 bits per heavy atom. The first-order valence-electron chi connectivity index (χ1n) is 7.10. The molecule has 0 aliphatic rings. The molecular formula is C17H18ClFN2S. The summed E-state index contributed by atoms with van der Waals surface area (Å²) in [6.07, 6.45) is 1.80. The summed E-state index contributed by atoms with van der Waals surface area (Å²) < 4.78 is 12.8. The molecule has 2 nitrogen and oxygen atoms in total. The maximum absolute atomic E-state index is 12.8. The Hall–Kier alpha value is -1.65. The number of benzene rings is 2. The molecule has 2 N–H and O–H groups in total. The molecule has 0 aliphatic heterocycles.